The Balaban J connectivity index is 1.97. The van der Waals surface area contributed by atoms with Crippen LogP contribution in [-0.2, 0) is 6.42 Å². The average molecular weight is 246 g/mol. The minimum Gasteiger partial charge on any atom is -0.219 e. The van der Waals surface area contributed by atoms with Crippen LogP contribution in [0.2, 0.25) is 0 Å². The first-order valence-corrected chi connectivity index (χ1v) is 6.91. The Hall–Kier alpha value is -1.22. The van der Waals surface area contributed by atoms with Gasteiger partial charge in [-0.25, -0.2) is 4.98 Å². The maximum absolute atomic E-state index is 4.58. The molecule has 1 heterocycles. The molecule has 2 nitrogen and oxygen atoms in total. The lowest BCUT2D eigenvalue weighted by molar-refractivity contribution is 0.551. The second-order valence-corrected chi connectivity index (χ2v) is 5.42. The zero-order valence-corrected chi connectivity index (χ0v) is 11.2. The van der Waals surface area contributed by atoms with Crippen LogP contribution in [-0.4, -0.2) is 9.36 Å². The van der Waals surface area contributed by atoms with Crippen molar-refractivity contribution >= 4 is 11.5 Å². The molecule has 0 N–H and O–H groups in total. The standard InChI is InChI=1S/C14H18N2S/c1-11(2)7-6-10-13-15-14(17-16-13)12-8-4-3-5-9-12/h3-5,8-9,11H,6-7,10H2,1-2H3. The van der Waals surface area contributed by atoms with Gasteiger partial charge in [-0.3, -0.25) is 0 Å². The van der Waals surface area contributed by atoms with Crippen molar-refractivity contribution in [2.45, 2.75) is 33.1 Å². The van der Waals surface area contributed by atoms with E-state index in [2.05, 4.69) is 35.3 Å². The number of hydrogen-bond acceptors (Lipinski definition) is 3. The number of nitrogens with zero attached hydrogens (tertiary/aromatic N) is 2. The molecule has 0 aliphatic carbocycles. The zero-order chi connectivity index (χ0) is 12.1. The van der Waals surface area contributed by atoms with E-state index in [1.165, 1.54) is 29.9 Å². The van der Waals surface area contributed by atoms with Crippen molar-refractivity contribution in [3.8, 4) is 10.6 Å². The molecule has 0 bridgehead atoms. The maximum Gasteiger partial charge on any atom is 0.144 e. The van der Waals surface area contributed by atoms with Gasteiger partial charge in [0.1, 0.15) is 10.8 Å². The van der Waals surface area contributed by atoms with Gasteiger partial charge in [-0.05, 0) is 23.9 Å². The third kappa shape index (κ3) is 3.63. The normalized spacial score (nSPS) is 11.0. The van der Waals surface area contributed by atoms with Crippen LogP contribution in [0.1, 0.15) is 32.5 Å². The molecule has 0 atom stereocenters. The highest BCUT2D eigenvalue weighted by molar-refractivity contribution is 7.09. The van der Waals surface area contributed by atoms with Crippen molar-refractivity contribution in [2.24, 2.45) is 5.92 Å². The molecule has 0 fully saturated rings. The summed E-state index contributed by atoms with van der Waals surface area (Å²) in [4.78, 5) is 4.58. The van der Waals surface area contributed by atoms with Crippen LogP contribution in [0.3, 0.4) is 0 Å². The highest BCUT2D eigenvalue weighted by Crippen LogP contribution is 2.21. The molecule has 0 saturated carbocycles. The third-order valence-electron chi connectivity index (χ3n) is 2.67. The molecule has 1 aromatic carbocycles. The van der Waals surface area contributed by atoms with Crippen LogP contribution in [0.4, 0.5) is 0 Å². The van der Waals surface area contributed by atoms with E-state index >= 15 is 0 Å². The van der Waals surface area contributed by atoms with E-state index in [1.54, 1.807) is 0 Å². The molecular formula is C14H18N2S. The smallest absolute Gasteiger partial charge is 0.144 e. The lowest BCUT2D eigenvalue weighted by Crippen LogP contribution is -1.92. The Morgan fingerprint density at radius 2 is 1.94 bits per heavy atom. The quantitative estimate of drug-likeness (QED) is 0.790. The van der Waals surface area contributed by atoms with Gasteiger partial charge >= 0.3 is 0 Å². The Labute approximate surface area is 107 Å². The molecule has 0 amide bonds. The van der Waals surface area contributed by atoms with E-state index in [1.807, 2.05) is 18.2 Å². The molecule has 1 aromatic heterocycles. The van der Waals surface area contributed by atoms with Crippen LogP contribution in [0.15, 0.2) is 30.3 Å². The topological polar surface area (TPSA) is 25.8 Å². The molecule has 0 aliphatic rings. The second kappa shape index (κ2) is 5.92. The molecule has 3 heteroatoms. The molecule has 0 saturated heterocycles. The van der Waals surface area contributed by atoms with Crippen molar-refractivity contribution in [1.29, 1.82) is 0 Å². The van der Waals surface area contributed by atoms with Crippen molar-refractivity contribution in [2.75, 3.05) is 0 Å². The Bertz CT molecular complexity index is 448. The summed E-state index contributed by atoms with van der Waals surface area (Å²) in [6.45, 7) is 4.51. The predicted octanol–water partition coefficient (Wildman–Crippen LogP) is 4.18. The first-order valence-electron chi connectivity index (χ1n) is 6.13. The van der Waals surface area contributed by atoms with Gasteiger partial charge in [-0.1, -0.05) is 50.6 Å². The van der Waals surface area contributed by atoms with E-state index in [4.69, 9.17) is 0 Å². The Kier molecular flexibility index (Phi) is 4.26. The largest absolute Gasteiger partial charge is 0.219 e. The van der Waals surface area contributed by atoms with Gasteiger partial charge in [0, 0.05) is 12.0 Å². The van der Waals surface area contributed by atoms with Gasteiger partial charge in [-0.2, -0.15) is 4.37 Å². The molecule has 0 aliphatic heterocycles. The lowest BCUT2D eigenvalue weighted by atomic mass is 10.1. The van der Waals surface area contributed by atoms with Gasteiger partial charge in [0.05, 0.1) is 0 Å². The van der Waals surface area contributed by atoms with Crippen molar-refractivity contribution < 1.29 is 0 Å². The zero-order valence-electron chi connectivity index (χ0n) is 10.4. The molecule has 0 unspecified atom stereocenters. The third-order valence-corrected chi connectivity index (χ3v) is 3.47. The highest BCUT2D eigenvalue weighted by atomic mass is 32.1. The van der Waals surface area contributed by atoms with Crippen LogP contribution in [0, 0.1) is 5.92 Å². The van der Waals surface area contributed by atoms with Gasteiger partial charge < -0.3 is 0 Å². The van der Waals surface area contributed by atoms with Gasteiger partial charge in [0.15, 0.2) is 0 Å². The summed E-state index contributed by atoms with van der Waals surface area (Å²) in [5.41, 5.74) is 1.17. The first-order chi connectivity index (χ1) is 8.25. The van der Waals surface area contributed by atoms with E-state index in [-0.39, 0.29) is 0 Å². The molecular weight excluding hydrogens is 228 g/mol. The monoisotopic (exact) mass is 246 g/mol. The molecule has 0 radical (unpaired) electrons. The van der Waals surface area contributed by atoms with Crippen LogP contribution in [0.5, 0.6) is 0 Å². The Morgan fingerprint density at radius 1 is 1.18 bits per heavy atom. The van der Waals surface area contributed by atoms with Crippen LogP contribution in [0.25, 0.3) is 10.6 Å². The second-order valence-electron chi connectivity index (χ2n) is 4.67. The molecule has 2 rings (SSSR count). The summed E-state index contributed by atoms with van der Waals surface area (Å²) >= 11 is 1.50. The summed E-state index contributed by atoms with van der Waals surface area (Å²) in [5, 5.41) is 1.03. The summed E-state index contributed by atoms with van der Waals surface area (Å²) in [6, 6.07) is 10.3. The van der Waals surface area contributed by atoms with Crippen LogP contribution < -0.4 is 0 Å². The fourth-order valence-corrected chi connectivity index (χ4v) is 2.43. The fraction of sp³-hybridized carbons (Fsp3) is 0.429. The molecule has 17 heavy (non-hydrogen) atoms. The van der Waals surface area contributed by atoms with Crippen LogP contribution >= 0.6 is 11.5 Å². The number of benzene rings is 1. The number of rotatable bonds is 5. The number of hydrogen-bond donors (Lipinski definition) is 0. The van der Waals surface area contributed by atoms with Gasteiger partial charge in [-0.15, -0.1) is 0 Å². The summed E-state index contributed by atoms with van der Waals surface area (Å²) < 4.78 is 4.42. The highest BCUT2D eigenvalue weighted by Gasteiger charge is 2.06. The first kappa shape index (κ1) is 12.2. The van der Waals surface area contributed by atoms with E-state index in [9.17, 15) is 0 Å². The summed E-state index contributed by atoms with van der Waals surface area (Å²) in [5.74, 6) is 1.76. The Morgan fingerprint density at radius 3 is 2.65 bits per heavy atom. The maximum atomic E-state index is 4.58. The van der Waals surface area contributed by atoms with E-state index < -0.39 is 0 Å². The minimum absolute atomic E-state index is 0.766. The number of aryl methyl sites for hydroxylation is 1. The lowest BCUT2D eigenvalue weighted by Gasteiger charge is -2.01. The minimum atomic E-state index is 0.766. The van der Waals surface area contributed by atoms with Crippen molar-refractivity contribution in [3.05, 3.63) is 36.2 Å². The average Bonchev–Trinajstić information content (AvgIpc) is 2.78. The van der Waals surface area contributed by atoms with Crippen molar-refractivity contribution in [3.63, 3.8) is 0 Å². The van der Waals surface area contributed by atoms with E-state index in [0.29, 0.717) is 0 Å². The predicted molar refractivity (Wildman–Crippen MR) is 73.1 cm³/mol. The van der Waals surface area contributed by atoms with Gasteiger partial charge in [0.25, 0.3) is 0 Å². The fourth-order valence-electron chi connectivity index (χ4n) is 1.72. The molecule has 0 spiro atoms. The molecule has 90 valence electrons. The van der Waals surface area contributed by atoms with Gasteiger partial charge in [0.2, 0.25) is 0 Å². The van der Waals surface area contributed by atoms with Crippen molar-refractivity contribution in [1.82, 2.24) is 9.36 Å². The summed E-state index contributed by atoms with van der Waals surface area (Å²) in [6.07, 6.45) is 3.43. The number of aromatic nitrogens is 2. The molecule has 2 aromatic rings. The SMILES string of the molecule is CC(C)CCCc1nsc(-c2ccccc2)n1. The summed E-state index contributed by atoms with van der Waals surface area (Å²) in [7, 11) is 0. The van der Waals surface area contributed by atoms with E-state index in [0.717, 1.165) is 23.2 Å².